The van der Waals surface area contributed by atoms with Gasteiger partial charge in [0.05, 0.1) is 6.10 Å². The highest BCUT2D eigenvalue weighted by atomic mass is 16.4. The van der Waals surface area contributed by atoms with Gasteiger partial charge in [0, 0.05) is 32.9 Å². The highest BCUT2D eigenvalue weighted by molar-refractivity contribution is 5.96. The van der Waals surface area contributed by atoms with Crippen LogP contribution in [-0.4, -0.2) is 99.4 Å². The quantitative estimate of drug-likeness (QED) is 0.0619. The maximum atomic E-state index is 14.7. The summed E-state index contributed by atoms with van der Waals surface area (Å²) in [5.41, 5.74) is 13.4. The van der Waals surface area contributed by atoms with Crippen LogP contribution >= 0.6 is 0 Å². The first-order valence-electron chi connectivity index (χ1n) is 18.8. The van der Waals surface area contributed by atoms with Crippen molar-refractivity contribution in [2.24, 2.45) is 22.4 Å². The smallest absolute Gasteiger partial charge is 0.326 e. The molecule has 1 unspecified atom stereocenters. The van der Waals surface area contributed by atoms with Crippen molar-refractivity contribution in [1.29, 1.82) is 0 Å². The van der Waals surface area contributed by atoms with Crippen molar-refractivity contribution in [2.75, 3.05) is 6.54 Å². The Hall–Kier alpha value is -5.51. The minimum Gasteiger partial charge on any atom is -0.480 e. The number of aliphatic imine (C=N–C) groups is 1. The van der Waals surface area contributed by atoms with E-state index < -0.39 is 71.8 Å². The number of carbonyl (C=O) groups excluding carboxylic acids is 5. The van der Waals surface area contributed by atoms with Crippen LogP contribution in [0.4, 0.5) is 0 Å². The number of benzene rings is 2. The number of hydrogen-bond donors (Lipinski definition) is 8. The molecule has 6 atom stereocenters. The first kappa shape index (κ1) is 42.2. The number of carboxylic acids is 1. The Kier molecular flexibility index (Phi) is 15.5. The summed E-state index contributed by atoms with van der Waals surface area (Å²) in [4.78, 5) is 86.0. The van der Waals surface area contributed by atoms with E-state index in [-0.39, 0.29) is 50.7 Å². The molecule has 0 spiro atoms. The molecule has 1 heterocycles. The molecule has 1 aliphatic heterocycles. The third-order valence-corrected chi connectivity index (χ3v) is 10.1. The van der Waals surface area contributed by atoms with Gasteiger partial charge in [-0.1, -0.05) is 73.9 Å². The second-order valence-corrected chi connectivity index (χ2v) is 14.4. The van der Waals surface area contributed by atoms with Crippen LogP contribution in [0.2, 0.25) is 0 Å². The molecule has 2 aromatic carbocycles. The summed E-state index contributed by atoms with van der Waals surface area (Å²) >= 11 is 0. The Balaban J connectivity index is 1.65. The molecule has 0 radical (unpaired) electrons. The summed E-state index contributed by atoms with van der Waals surface area (Å²) in [6.45, 7) is 2.72. The zero-order valence-corrected chi connectivity index (χ0v) is 31.4. The van der Waals surface area contributed by atoms with Gasteiger partial charge >= 0.3 is 5.97 Å². The lowest BCUT2D eigenvalue weighted by Gasteiger charge is -2.39. The van der Waals surface area contributed by atoms with E-state index >= 15 is 0 Å². The van der Waals surface area contributed by atoms with E-state index in [4.69, 9.17) is 11.5 Å². The number of aliphatic carboxylic acids is 1. The fourth-order valence-electron chi connectivity index (χ4n) is 7.26. The zero-order chi connectivity index (χ0) is 40.1. The monoisotopic (exact) mass is 762 g/mol. The number of rotatable bonds is 17. The Bertz CT molecular complexity index is 1690. The first-order valence-corrected chi connectivity index (χ1v) is 18.8. The first-order chi connectivity index (χ1) is 26.2. The Labute approximate surface area is 320 Å². The molecule has 16 heteroatoms. The van der Waals surface area contributed by atoms with E-state index in [0.29, 0.717) is 18.4 Å². The summed E-state index contributed by atoms with van der Waals surface area (Å²) < 4.78 is 0. The van der Waals surface area contributed by atoms with E-state index in [9.17, 15) is 39.0 Å². The second kappa shape index (κ2) is 20.2. The Morgan fingerprint density at radius 2 is 1.51 bits per heavy atom. The molecule has 16 nitrogen and oxygen atoms in total. The number of guanidine groups is 1. The summed E-state index contributed by atoms with van der Waals surface area (Å²) in [7, 11) is 0. The number of aliphatic hydroxyl groups is 1. The molecule has 2 aliphatic rings. The molecular weight excluding hydrogens is 708 g/mol. The number of aliphatic hydroxyl groups excluding tert-OH is 1. The van der Waals surface area contributed by atoms with Crippen molar-refractivity contribution < 1.29 is 39.0 Å². The molecule has 0 bridgehead atoms. The standard InChI is InChI=1S/C39H54N8O8/c1-23(48)32(43-24(2)49)35(51)46-33(26-14-7-4-8-15-26)36(52)44-29(18-11-19-42-39(40)41)37(53)47-22-28-17-10-9-16-27(28)21-31(47)34(50)45-30(38(54)55)20-25-12-5-3-6-13-25/h3,5-6,9-10,12-13,16-17,23,26,29-33,48H,4,7-8,11,14-15,18-22H2,1-2H3,(H,43,49)(H,44,52)(H,45,50)(H,46,51)(H,54,55)(H4,40,41,42)/t23-,29+,30+,31+,32+,33?/m1/s1. The largest absolute Gasteiger partial charge is 0.480 e. The predicted octanol–water partition coefficient (Wildman–Crippen LogP) is 0.241. The lowest BCUT2D eigenvalue weighted by molar-refractivity contribution is -0.147. The van der Waals surface area contributed by atoms with Crippen molar-refractivity contribution >= 4 is 41.5 Å². The molecule has 1 fully saturated rings. The molecular formula is C39H54N8O8. The lowest BCUT2D eigenvalue weighted by Crippen LogP contribution is -2.62. The van der Waals surface area contributed by atoms with Gasteiger partial charge in [-0.15, -0.1) is 0 Å². The molecule has 0 saturated heterocycles. The third kappa shape index (κ3) is 12.3. The van der Waals surface area contributed by atoms with Crippen molar-refractivity contribution in [3.05, 3.63) is 71.3 Å². The SMILES string of the molecule is CC(=O)N[C@H](C(=O)NC(C(=O)N[C@@H](CCCN=C(N)N)C(=O)N1Cc2ccccc2C[C@H]1C(=O)N[C@@H](Cc1ccccc1)C(=O)O)C1CCCCC1)[C@@H](C)O. The van der Waals surface area contributed by atoms with Crippen molar-refractivity contribution in [1.82, 2.24) is 26.2 Å². The molecule has 1 saturated carbocycles. The number of hydrogen-bond acceptors (Lipinski definition) is 8. The summed E-state index contributed by atoms with van der Waals surface area (Å²) in [6.07, 6.45) is 3.04. The van der Waals surface area contributed by atoms with Crippen LogP contribution in [0.3, 0.4) is 0 Å². The van der Waals surface area contributed by atoms with Crippen LogP contribution < -0.4 is 32.7 Å². The fourth-order valence-corrected chi connectivity index (χ4v) is 7.26. The molecule has 5 amide bonds. The molecule has 10 N–H and O–H groups in total. The van der Waals surface area contributed by atoms with Gasteiger partial charge in [-0.2, -0.15) is 0 Å². The van der Waals surface area contributed by atoms with E-state index in [0.717, 1.165) is 30.4 Å². The van der Waals surface area contributed by atoms with Gasteiger partial charge in [0.2, 0.25) is 29.5 Å². The number of amides is 5. The average Bonchev–Trinajstić information content (AvgIpc) is 3.16. The van der Waals surface area contributed by atoms with Crippen molar-refractivity contribution in [3.63, 3.8) is 0 Å². The van der Waals surface area contributed by atoms with Gasteiger partial charge in [-0.3, -0.25) is 29.0 Å². The normalized spacial score (nSPS) is 18.2. The van der Waals surface area contributed by atoms with E-state index in [1.54, 1.807) is 30.3 Å². The summed E-state index contributed by atoms with van der Waals surface area (Å²) in [6, 6.07) is 10.2. The fraction of sp³-hybridized carbons (Fsp3) is 0.513. The number of carbonyl (C=O) groups is 6. The van der Waals surface area contributed by atoms with Gasteiger partial charge in [-0.05, 0) is 55.2 Å². The molecule has 0 aromatic heterocycles. The predicted molar refractivity (Wildman–Crippen MR) is 204 cm³/mol. The van der Waals surface area contributed by atoms with E-state index in [1.165, 1.54) is 18.7 Å². The van der Waals surface area contributed by atoms with Crippen LogP contribution in [0.15, 0.2) is 59.6 Å². The maximum Gasteiger partial charge on any atom is 0.326 e. The minimum atomic E-state index is -1.32. The van der Waals surface area contributed by atoms with Gasteiger partial charge in [0.15, 0.2) is 5.96 Å². The van der Waals surface area contributed by atoms with Gasteiger partial charge in [-0.25, -0.2) is 4.79 Å². The van der Waals surface area contributed by atoms with Gasteiger partial charge in [0.1, 0.15) is 30.2 Å². The number of nitrogens with zero attached hydrogens (tertiary/aromatic N) is 2. The highest BCUT2D eigenvalue weighted by Gasteiger charge is 2.41. The molecule has 1 aliphatic carbocycles. The summed E-state index contributed by atoms with van der Waals surface area (Å²) in [5.74, 6) is -4.85. The minimum absolute atomic E-state index is 0.0133. The summed E-state index contributed by atoms with van der Waals surface area (Å²) in [5, 5.41) is 31.0. The second-order valence-electron chi connectivity index (χ2n) is 14.4. The van der Waals surface area contributed by atoms with Crippen LogP contribution in [0.25, 0.3) is 0 Å². The number of nitrogens with one attached hydrogen (secondary N) is 4. The molecule has 55 heavy (non-hydrogen) atoms. The lowest BCUT2D eigenvalue weighted by atomic mass is 9.83. The van der Waals surface area contributed by atoms with Crippen LogP contribution in [0, 0.1) is 5.92 Å². The van der Waals surface area contributed by atoms with E-state index in [1.807, 2.05) is 24.3 Å². The number of carboxylic acid groups (broad SMARTS) is 1. The van der Waals surface area contributed by atoms with Crippen molar-refractivity contribution in [2.45, 2.75) is 114 Å². The van der Waals surface area contributed by atoms with Crippen LogP contribution in [0.1, 0.15) is 75.5 Å². The number of fused-ring (bicyclic) bond motifs is 1. The molecule has 298 valence electrons. The van der Waals surface area contributed by atoms with E-state index in [2.05, 4.69) is 26.3 Å². The maximum absolute atomic E-state index is 14.7. The molecule has 4 rings (SSSR count). The van der Waals surface area contributed by atoms with Gasteiger partial charge < -0.3 is 47.8 Å². The van der Waals surface area contributed by atoms with Crippen LogP contribution in [0.5, 0.6) is 0 Å². The van der Waals surface area contributed by atoms with Crippen molar-refractivity contribution in [3.8, 4) is 0 Å². The highest BCUT2D eigenvalue weighted by Crippen LogP contribution is 2.28. The zero-order valence-electron chi connectivity index (χ0n) is 31.4. The topological polar surface area (TPSA) is 259 Å². The Morgan fingerprint density at radius 1 is 0.855 bits per heavy atom. The third-order valence-electron chi connectivity index (χ3n) is 10.1. The number of nitrogens with two attached hydrogens (primary N) is 2. The Morgan fingerprint density at radius 3 is 2.13 bits per heavy atom. The van der Waals surface area contributed by atoms with Crippen LogP contribution in [-0.2, 0) is 48.2 Å². The molecule has 2 aromatic rings. The van der Waals surface area contributed by atoms with Gasteiger partial charge in [0.25, 0.3) is 0 Å². The average molecular weight is 763 g/mol.